The molecule has 0 spiro atoms. The van der Waals surface area contributed by atoms with Crippen LogP contribution in [0, 0.1) is 0 Å². The molecular weight excluding hydrogens is 188 g/mol. The molecule has 5 nitrogen and oxygen atoms in total. The fraction of sp³-hybridized carbons (Fsp3) is 0.778. The summed E-state index contributed by atoms with van der Waals surface area (Å²) in [6, 6.07) is 0. The first kappa shape index (κ1) is 11.0. The van der Waals surface area contributed by atoms with Gasteiger partial charge in [-0.2, -0.15) is 0 Å². The third-order valence-corrected chi connectivity index (χ3v) is 1.40. The van der Waals surface area contributed by atoms with E-state index in [0.717, 1.165) is 0 Å². The Balaban J connectivity index is 3.80. The summed E-state index contributed by atoms with van der Waals surface area (Å²) >= 11 is 0. The van der Waals surface area contributed by atoms with Crippen molar-refractivity contribution in [1.82, 2.24) is 0 Å². The average Bonchev–Trinajstić information content (AvgIpc) is 2.15. The van der Waals surface area contributed by atoms with Gasteiger partial charge in [0.1, 0.15) is 0 Å². The molecule has 0 saturated carbocycles. The van der Waals surface area contributed by atoms with Crippen molar-refractivity contribution in [2.45, 2.75) is 32.8 Å². The smallest absolute Gasteiger partial charge is 0.347 e. The van der Waals surface area contributed by atoms with Crippen LogP contribution in [0.4, 0.5) is 0 Å². The van der Waals surface area contributed by atoms with Crippen LogP contribution in [0.1, 0.15) is 28.1 Å². The van der Waals surface area contributed by atoms with Gasteiger partial charge in [0.25, 0.3) is 0 Å². The minimum atomic E-state index is -1.30. The first-order valence-electron chi connectivity index (χ1n) is 5.01. The molecule has 0 radical (unpaired) electrons. The zero-order chi connectivity index (χ0) is 11.8. The van der Waals surface area contributed by atoms with Crippen LogP contribution in [0.2, 0.25) is 0 Å². The molecule has 0 aliphatic carbocycles. The summed E-state index contributed by atoms with van der Waals surface area (Å²) in [4.78, 5) is 22.1. The maximum absolute atomic E-state index is 11.0. The van der Waals surface area contributed by atoms with Gasteiger partial charge in [0.15, 0.2) is 6.10 Å². The molecule has 82 valence electrons. The predicted molar refractivity (Wildman–Crippen MR) is 48.5 cm³/mol. The lowest BCUT2D eigenvalue weighted by atomic mass is 10.3. The van der Waals surface area contributed by atoms with Gasteiger partial charge in [-0.3, -0.25) is 4.79 Å². The Labute approximate surface area is 84.4 Å². The van der Waals surface area contributed by atoms with Gasteiger partial charge < -0.3 is 14.6 Å². The Kier molecular flexibility index (Phi) is 5.74. The fourth-order valence-corrected chi connectivity index (χ4v) is 0.746. The van der Waals surface area contributed by atoms with Gasteiger partial charge in [-0.15, -0.1) is 0 Å². The number of hydrogen-bond acceptors (Lipinski definition) is 5. The van der Waals surface area contributed by atoms with E-state index in [1.165, 1.54) is 6.92 Å². The van der Waals surface area contributed by atoms with E-state index in [4.69, 9.17) is 11.2 Å². The second-order valence-corrected chi connectivity index (χ2v) is 2.61. The number of aliphatic hydroxyl groups is 1. The molecule has 0 aromatic rings. The van der Waals surface area contributed by atoms with E-state index in [1.807, 2.05) is 0 Å². The van der Waals surface area contributed by atoms with Crippen LogP contribution in [0.5, 0.6) is 0 Å². The lowest BCUT2D eigenvalue weighted by molar-refractivity contribution is -0.166. The van der Waals surface area contributed by atoms with Crippen molar-refractivity contribution in [1.29, 1.82) is 0 Å². The van der Waals surface area contributed by atoms with Crippen molar-refractivity contribution < 1.29 is 25.5 Å². The number of carbonyl (C=O) groups is 2. The van der Waals surface area contributed by atoms with Gasteiger partial charge in [0.2, 0.25) is 0 Å². The van der Waals surface area contributed by atoms with E-state index in [0.29, 0.717) is 0 Å². The monoisotopic (exact) mass is 205 g/mol. The number of hydrogen-bond donors (Lipinski definition) is 1. The highest BCUT2D eigenvalue weighted by molar-refractivity contribution is 5.78. The highest BCUT2D eigenvalue weighted by atomic mass is 16.6. The predicted octanol–water partition coefficient (Wildman–Crippen LogP) is 0.254. The van der Waals surface area contributed by atoms with Gasteiger partial charge in [-0.05, 0) is 20.3 Å². The highest BCUT2D eigenvalue weighted by Crippen LogP contribution is 1.99. The molecule has 0 unspecified atom stereocenters. The standard InChI is InChI=1S/C9H16O5/c1-3-13-9(12)7(2)14-8(11)5-4-6-10/h7,10H,3-6H2,1-2H3/t7-/m0/s1/i6D/t6-,7-. The van der Waals surface area contributed by atoms with Crippen molar-refractivity contribution in [2.24, 2.45) is 0 Å². The maximum Gasteiger partial charge on any atom is 0.347 e. The summed E-state index contributed by atoms with van der Waals surface area (Å²) in [7, 11) is 0. The van der Waals surface area contributed by atoms with Crippen LogP contribution in [0.3, 0.4) is 0 Å². The zero-order valence-electron chi connectivity index (χ0n) is 9.36. The molecule has 0 aliphatic rings. The first-order chi connectivity index (χ1) is 6.97. The lowest BCUT2D eigenvalue weighted by Crippen LogP contribution is -2.26. The maximum atomic E-state index is 11.0. The van der Waals surface area contributed by atoms with Gasteiger partial charge in [0, 0.05) is 13.0 Å². The third-order valence-electron chi connectivity index (χ3n) is 1.40. The first-order valence-corrected chi connectivity index (χ1v) is 4.43. The number of aliphatic hydroxyl groups excluding tert-OH is 1. The highest BCUT2D eigenvalue weighted by Gasteiger charge is 2.18. The summed E-state index contributed by atoms with van der Waals surface area (Å²) in [5.41, 5.74) is 0. The van der Waals surface area contributed by atoms with Crippen LogP contribution in [0.15, 0.2) is 0 Å². The van der Waals surface area contributed by atoms with Crippen LogP contribution in [0.25, 0.3) is 0 Å². The molecule has 0 aromatic heterocycles. The van der Waals surface area contributed by atoms with Crippen molar-refractivity contribution in [3.63, 3.8) is 0 Å². The van der Waals surface area contributed by atoms with Crippen molar-refractivity contribution in [3.8, 4) is 0 Å². The Hall–Kier alpha value is -1.10. The molecule has 0 fully saturated rings. The van der Waals surface area contributed by atoms with E-state index >= 15 is 0 Å². The SMILES string of the molecule is [2H][C@H](O)CCC(=O)O[C@@H](C)C(=O)OCC. The van der Waals surface area contributed by atoms with Crippen LogP contribution in [-0.4, -0.2) is 36.3 Å². The number of ether oxygens (including phenoxy) is 2. The van der Waals surface area contributed by atoms with Gasteiger partial charge in [-0.1, -0.05) is 0 Å². The quantitative estimate of drug-likeness (QED) is 0.629. The number of esters is 2. The molecule has 14 heavy (non-hydrogen) atoms. The second kappa shape index (κ2) is 7.32. The van der Waals surface area contributed by atoms with E-state index in [9.17, 15) is 9.59 Å². The minimum Gasteiger partial charge on any atom is -0.463 e. The summed E-state index contributed by atoms with van der Waals surface area (Å²) in [5, 5.41) is 8.60. The van der Waals surface area contributed by atoms with Gasteiger partial charge in [0.05, 0.1) is 7.98 Å². The van der Waals surface area contributed by atoms with Gasteiger partial charge >= 0.3 is 11.9 Å². The van der Waals surface area contributed by atoms with Crippen molar-refractivity contribution in [3.05, 3.63) is 0 Å². The molecule has 0 saturated heterocycles. The minimum absolute atomic E-state index is 0.00558. The summed E-state index contributed by atoms with van der Waals surface area (Å²) < 4.78 is 16.1. The molecule has 0 aromatic carbocycles. The average molecular weight is 205 g/mol. The molecule has 0 rings (SSSR count). The molecule has 0 amide bonds. The normalized spacial score (nSPS) is 15.2. The second-order valence-electron chi connectivity index (χ2n) is 2.61. The Morgan fingerprint density at radius 1 is 1.57 bits per heavy atom. The molecule has 0 bridgehead atoms. The van der Waals surface area contributed by atoms with Crippen molar-refractivity contribution in [2.75, 3.05) is 13.2 Å². The third kappa shape index (κ3) is 5.53. The molecule has 0 aliphatic heterocycles. The number of carbonyl (C=O) groups excluding carboxylic acids is 2. The lowest BCUT2D eigenvalue weighted by Gasteiger charge is -2.11. The number of rotatable bonds is 6. The van der Waals surface area contributed by atoms with Gasteiger partial charge in [-0.25, -0.2) is 4.79 Å². The van der Waals surface area contributed by atoms with E-state index < -0.39 is 24.6 Å². The van der Waals surface area contributed by atoms with Crippen LogP contribution >= 0.6 is 0 Å². The Morgan fingerprint density at radius 2 is 2.21 bits per heavy atom. The van der Waals surface area contributed by atoms with Crippen LogP contribution in [-0.2, 0) is 19.1 Å². The summed E-state index contributed by atoms with van der Waals surface area (Å²) in [6.45, 7) is 2.00. The fourth-order valence-electron chi connectivity index (χ4n) is 0.746. The zero-order valence-corrected chi connectivity index (χ0v) is 8.36. The molecule has 5 heteroatoms. The molecule has 2 atom stereocenters. The Bertz CT molecular complexity index is 217. The Morgan fingerprint density at radius 3 is 2.71 bits per heavy atom. The summed E-state index contributed by atoms with van der Waals surface area (Å²) in [5.74, 6) is -1.22. The van der Waals surface area contributed by atoms with E-state index in [2.05, 4.69) is 4.74 Å². The largest absolute Gasteiger partial charge is 0.463 e. The molecular formula is C9H16O5. The van der Waals surface area contributed by atoms with Crippen LogP contribution < -0.4 is 0 Å². The molecule has 0 heterocycles. The summed E-state index contributed by atoms with van der Waals surface area (Å²) in [6.07, 6.45) is -1.04. The molecule has 1 N–H and O–H groups in total. The van der Waals surface area contributed by atoms with Crippen molar-refractivity contribution >= 4 is 11.9 Å². The van der Waals surface area contributed by atoms with E-state index in [-0.39, 0.29) is 19.4 Å². The topological polar surface area (TPSA) is 72.8 Å². The van der Waals surface area contributed by atoms with E-state index in [1.54, 1.807) is 6.92 Å².